The van der Waals surface area contributed by atoms with Crippen LogP contribution >= 0.6 is 0 Å². The van der Waals surface area contributed by atoms with Gasteiger partial charge >= 0.3 is 0 Å². The molecule has 0 unspecified atom stereocenters. The average Bonchev–Trinajstić information content (AvgIpc) is 2.47. The van der Waals surface area contributed by atoms with Crippen molar-refractivity contribution in [2.45, 2.75) is 13.8 Å². The van der Waals surface area contributed by atoms with Gasteiger partial charge in [-0.1, -0.05) is 0 Å². The number of pyridine rings is 1. The summed E-state index contributed by atoms with van der Waals surface area (Å²) in [6, 6.07) is 10.9. The third kappa shape index (κ3) is 4.18. The van der Waals surface area contributed by atoms with Crippen LogP contribution in [0.1, 0.15) is 22.8 Å². The van der Waals surface area contributed by atoms with Crippen LogP contribution in [0.25, 0.3) is 0 Å². The quantitative estimate of drug-likeness (QED) is 0.672. The lowest BCUT2D eigenvalue weighted by atomic mass is 10.1. The molecule has 1 aromatic heterocycles. The SMILES string of the molecule is COc1ccc(C(=O)/C=C(\C)Nc2cc(C)ccn2)cc1. The Balaban J connectivity index is 2.08. The van der Waals surface area contributed by atoms with Gasteiger partial charge in [0.25, 0.3) is 0 Å². The van der Waals surface area contributed by atoms with Gasteiger partial charge in [0.05, 0.1) is 7.11 Å². The van der Waals surface area contributed by atoms with Crippen LogP contribution in [-0.4, -0.2) is 17.9 Å². The van der Waals surface area contributed by atoms with E-state index in [-0.39, 0.29) is 5.78 Å². The second-order valence-electron chi connectivity index (χ2n) is 4.76. The number of aryl methyl sites for hydroxylation is 1. The molecule has 0 spiro atoms. The molecule has 2 aromatic rings. The lowest BCUT2D eigenvalue weighted by Gasteiger charge is -2.06. The number of rotatable bonds is 5. The Labute approximate surface area is 124 Å². The molecule has 0 atom stereocenters. The summed E-state index contributed by atoms with van der Waals surface area (Å²) in [5.41, 5.74) is 2.48. The summed E-state index contributed by atoms with van der Waals surface area (Å²) < 4.78 is 5.07. The van der Waals surface area contributed by atoms with Gasteiger partial charge in [-0.25, -0.2) is 4.98 Å². The summed E-state index contributed by atoms with van der Waals surface area (Å²) >= 11 is 0. The van der Waals surface area contributed by atoms with Crippen LogP contribution in [0, 0.1) is 6.92 Å². The Morgan fingerprint density at radius 2 is 1.95 bits per heavy atom. The summed E-state index contributed by atoms with van der Waals surface area (Å²) in [5, 5.41) is 3.11. The molecule has 0 saturated heterocycles. The van der Waals surface area contributed by atoms with E-state index in [1.807, 2.05) is 26.0 Å². The van der Waals surface area contributed by atoms with E-state index < -0.39 is 0 Å². The van der Waals surface area contributed by atoms with Crippen LogP contribution in [-0.2, 0) is 0 Å². The third-order valence-corrected chi connectivity index (χ3v) is 2.96. The van der Waals surface area contributed by atoms with Crippen molar-refractivity contribution in [2.75, 3.05) is 12.4 Å². The van der Waals surface area contributed by atoms with E-state index in [0.29, 0.717) is 5.56 Å². The molecule has 21 heavy (non-hydrogen) atoms. The highest BCUT2D eigenvalue weighted by Gasteiger charge is 2.04. The highest BCUT2D eigenvalue weighted by atomic mass is 16.5. The molecular formula is C17H18N2O2. The molecule has 0 aliphatic carbocycles. The third-order valence-electron chi connectivity index (χ3n) is 2.96. The number of hydrogen-bond acceptors (Lipinski definition) is 4. The number of anilines is 1. The molecule has 2 rings (SSSR count). The van der Waals surface area contributed by atoms with E-state index in [1.54, 1.807) is 43.6 Å². The van der Waals surface area contributed by atoms with Crippen LogP contribution < -0.4 is 10.1 Å². The molecule has 1 aromatic carbocycles. The standard InChI is InChI=1S/C17H18N2O2/c1-12-8-9-18-17(10-12)19-13(2)11-16(20)14-4-6-15(21-3)7-5-14/h4-11H,1-3H3,(H,18,19)/b13-11+. The maximum absolute atomic E-state index is 12.1. The van der Waals surface area contributed by atoms with Gasteiger partial charge in [-0.3, -0.25) is 4.79 Å². The van der Waals surface area contributed by atoms with Gasteiger partial charge in [0, 0.05) is 23.5 Å². The van der Waals surface area contributed by atoms with Crippen LogP contribution in [0.5, 0.6) is 5.75 Å². The Hall–Kier alpha value is -2.62. The fraction of sp³-hybridized carbons (Fsp3) is 0.176. The number of methoxy groups -OCH3 is 1. The lowest BCUT2D eigenvalue weighted by Crippen LogP contribution is -2.02. The van der Waals surface area contributed by atoms with Gasteiger partial charge in [0.2, 0.25) is 0 Å². The summed E-state index contributed by atoms with van der Waals surface area (Å²) in [5.74, 6) is 1.40. The first-order chi connectivity index (χ1) is 10.1. The Kier molecular flexibility index (Phi) is 4.72. The number of hydrogen-bond donors (Lipinski definition) is 1. The van der Waals surface area contributed by atoms with Crippen LogP contribution in [0.15, 0.2) is 54.4 Å². The molecule has 0 saturated carbocycles. The molecule has 0 bridgehead atoms. The smallest absolute Gasteiger partial charge is 0.187 e. The number of allylic oxidation sites excluding steroid dienone is 2. The lowest BCUT2D eigenvalue weighted by molar-refractivity contribution is 0.104. The summed E-state index contributed by atoms with van der Waals surface area (Å²) in [6.45, 7) is 3.83. The van der Waals surface area contributed by atoms with Gasteiger partial charge in [0.15, 0.2) is 5.78 Å². The summed E-state index contributed by atoms with van der Waals surface area (Å²) in [6.07, 6.45) is 3.29. The predicted molar refractivity (Wildman–Crippen MR) is 83.7 cm³/mol. The molecule has 4 nitrogen and oxygen atoms in total. The Morgan fingerprint density at radius 3 is 2.57 bits per heavy atom. The van der Waals surface area contributed by atoms with E-state index in [9.17, 15) is 4.79 Å². The van der Waals surface area contributed by atoms with Crippen molar-refractivity contribution in [3.05, 3.63) is 65.5 Å². The van der Waals surface area contributed by atoms with Gasteiger partial charge in [-0.2, -0.15) is 0 Å². The van der Waals surface area contributed by atoms with Crippen LogP contribution in [0.4, 0.5) is 5.82 Å². The van der Waals surface area contributed by atoms with Crippen molar-refractivity contribution >= 4 is 11.6 Å². The van der Waals surface area contributed by atoms with Gasteiger partial charge in [-0.05, 0) is 55.8 Å². The fourth-order valence-corrected chi connectivity index (χ4v) is 1.88. The zero-order valence-electron chi connectivity index (χ0n) is 12.4. The van der Waals surface area contributed by atoms with Gasteiger partial charge in [0.1, 0.15) is 11.6 Å². The largest absolute Gasteiger partial charge is 0.497 e. The van der Waals surface area contributed by atoms with Gasteiger partial charge in [-0.15, -0.1) is 0 Å². The van der Waals surface area contributed by atoms with E-state index in [2.05, 4.69) is 10.3 Å². The van der Waals surface area contributed by atoms with Crippen molar-refractivity contribution in [3.8, 4) is 5.75 Å². The molecule has 108 valence electrons. The molecule has 1 heterocycles. The molecule has 4 heteroatoms. The van der Waals surface area contributed by atoms with Crippen molar-refractivity contribution < 1.29 is 9.53 Å². The van der Waals surface area contributed by atoms with Crippen molar-refractivity contribution in [1.29, 1.82) is 0 Å². The minimum Gasteiger partial charge on any atom is -0.497 e. The number of carbonyl (C=O) groups is 1. The first-order valence-corrected chi connectivity index (χ1v) is 6.65. The normalized spacial score (nSPS) is 11.1. The number of ketones is 1. The highest BCUT2D eigenvalue weighted by molar-refractivity contribution is 6.05. The Morgan fingerprint density at radius 1 is 1.24 bits per heavy atom. The van der Waals surface area contributed by atoms with E-state index >= 15 is 0 Å². The van der Waals surface area contributed by atoms with Crippen molar-refractivity contribution in [3.63, 3.8) is 0 Å². The van der Waals surface area contributed by atoms with Gasteiger partial charge < -0.3 is 10.1 Å². The number of ether oxygens (including phenoxy) is 1. The van der Waals surface area contributed by atoms with Crippen molar-refractivity contribution in [2.24, 2.45) is 0 Å². The summed E-state index contributed by atoms with van der Waals surface area (Å²) in [7, 11) is 1.60. The topological polar surface area (TPSA) is 51.2 Å². The minimum absolute atomic E-state index is 0.0599. The first-order valence-electron chi connectivity index (χ1n) is 6.65. The highest BCUT2D eigenvalue weighted by Crippen LogP contribution is 2.13. The fourth-order valence-electron chi connectivity index (χ4n) is 1.88. The second-order valence-corrected chi connectivity index (χ2v) is 4.76. The predicted octanol–water partition coefficient (Wildman–Crippen LogP) is 3.60. The number of carbonyl (C=O) groups excluding carboxylic acids is 1. The zero-order valence-corrected chi connectivity index (χ0v) is 12.4. The second kappa shape index (κ2) is 6.70. The molecule has 0 fully saturated rings. The number of nitrogens with one attached hydrogen (secondary N) is 1. The Bertz CT molecular complexity index is 661. The maximum Gasteiger partial charge on any atom is 0.187 e. The molecule has 0 aliphatic rings. The maximum atomic E-state index is 12.1. The molecule has 0 aliphatic heterocycles. The number of nitrogens with zero attached hydrogens (tertiary/aromatic N) is 1. The van der Waals surface area contributed by atoms with E-state index in [4.69, 9.17) is 4.74 Å². The van der Waals surface area contributed by atoms with E-state index in [1.165, 1.54) is 0 Å². The van der Waals surface area contributed by atoms with Crippen LogP contribution in [0.3, 0.4) is 0 Å². The molecular weight excluding hydrogens is 264 g/mol. The number of aromatic nitrogens is 1. The first kappa shape index (κ1) is 14.8. The summed E-state index contributed by atoms with van der Waals surface area (Å²) in [4.78, 5) is 16.3. The zero-order chi connectivity index (χ0) is 15.2. The van der Waals surface area contributed by atoms with E-state index in [0.717, 1.165) is 22.8 Å². The minimum atomic E-state index is -0.0599. The van der Waals surface area contributed by atoms with Crippen LogP contribution in [0.2, 0.25) is 0 Å². The monoisotopic (exact) mass is 282 g/mol. The molecule has 0 radical (unpaired) electrons. The number of benzene rings is 1. The molecule has 0 amide bonds. The average molecular weight is 282 g/mol. The van der Waals surface area contributed by atoms with Crippen molar-refractivity contribution in [1.82, 2.24) is 4.98 Å². The molecule has 1 N–H and O–H groups in total.